The molecule has 0 aliphatic rings. The van der Waals surface area contributed by atoms with Crippen molar-refractivity contribution in [3.63, 3.8) is 0 Å². The van der Waals surface area contributed by atoms with Gasteiger partial charge in [-0.2, -0.15) is 0 Å². The van der Waals surface area contributed by atoms with Gasteiger partial charge in [0.2, 0.25) is 0 Å². The Kier molecular flexibility index (Phi) is 2.60. The highest BCUT2D eigenvalue weighted by atomic mass is 16.3. The van der Waals surface area contributed by atoms with Crippen LogP contribution in [0.15, 0.2) is 36.5 Å². The van der Waals surface area contributed by atoms with E-state index in [1.54, 1.807) is 0 Å². The molecule has 0 fully saturated rings. The van der Waals surface area contributed by atoms with Crippen LogP contribution in [0.1, 0.15) is 29.3 Å². The van der Waals surface area contributed by atoms with Crippen LogP contribution in [0.4, 0.5) is 0 Å². The monoisotopic (exact) mass is 215 g/mol. The number of hydrogen-bond acceptors (Lipinski definition) is 1. The molecule has 16 heavy (non-hydrogen) atoms. The molecular formula is C14H17NO. The van der Waals surface area contributed by atoms with Gasteiger partial charge in [0.15, 0.2) is 0 Å². The number of aromatic nitrogens is 1. The van der Waals surface area contributed by atoms with Crippen LogP contribution in [0.5, 0.6) is 0 Å². The molecule has 1 aromatic heterocycles. The number of aliphatic hydroxyl groups is 1. The molecular weight excluding hydrogens is 198 g/mol. The van der Waals surface area contributed by atoms with Gasteiger partial charge < -0.3 is 10.1 Å². The Bertz CT molecular complexity index is 483. The number of rotatable bonds is 2. The van der Waals surface area contributed by atoms with Crippen molar-refractivity contribution < 1.29 is 5.11 Å². The summed E-state index contributed by atoms with van der Waals surface area (Å²) >= 11 is 0. The molecule has 2 heteroatoms. The molecule has 0 amide bonds. The van der Waals surface area contributed by atoms with E-state index in [0.717, 1.165) is 16.8 Å². The molecule has 0 saturated heterocycles. The van der Waals surface area contributed by atoms with Gasteiger partial charge >= 0.3 is 0 Å². The van der Waals surface area contributed by atoms with Gasteiger partial charge in [-0.05, 0) is 49.6 Å². The van der Waals surface area contributed by atoms with E-state index in [9.17, 15) is 5.11 Å². The zero-order chi connectivity index (χ0) is 11.8. The van der Waals surface area contributed by atoms with Crippen LogP contribution in [0, 0.1) is 13.8 Å². The third-order valence-electron chi connectivity index (χ3n) is 3.25. The van der Waals surface area contributed by atoms with Gasteiger partial charge in [0, 0.05) is 6.20 Å². The van der Waals surface area contributed by atoms with Crippen LogP contribution < -0.4 is 0 Å². The van der Waals surface area contributed by atoms with Crippen molar-refractivity contribution in [3.05, 3.63) is 58.9 Å². The summed E-state index contributed by atoms with van der Waals surface area (Å²) in [5.41, 5.74) is 3.15. The fraction of sp³-hybridized carbons (Fsp3) is 0.286. The first-order valence-electron chi connectivity index (χ1n) is 5.46. The minimum absolute atomic E-state index is 0.821. The van der Waals surface area contributed by atoms with E-state index in [1.807, 2.05) is 44.3 Å². The van der Waals surface area contributed by atoms with Gasteiger partial charge in [-0.25, -0.2) is 0 Å². The molecule has 2 N–H and O–H groups in total. The molecule has 1 unspecified atom stereocenters. The van der Waals surface area contributed by atoms with Crippen LogP contribution in [0.3, 0.4) is 0 Å². The lowest BCUT2D eigenvalue weighted by atomic mass is 9.87. The Hall–Kier alpha value is -1.54. The third kappa shape index (κ3) is 1.65. The average Bonchev–Trinajstić information content (AvgIpc) is 2.75. The maximum Gasteiger partial charge on any atom is 0.127 e. The van der Waals surface area contributed by atoms with Crippen molar-refractivity contribution >= 4 is 0 Å². The Labute approximate surface area is 96.0 Å². The molecule has 2 nitrogen and oxygen atoms in total. The Morgan fingerprint density at radius 1 is 1.12 bits per heavy atom. The smallest absolute Gasteiger partial charge is 0.127 e. The lowest BCUT2D eigenvalue weighted by molar-refractivity contribution is 0.0972. The molecule has 1 atom stereocenters. The first kappa shape index (κ1) is 11.0. The summed E-state index contributed by atoms with van der Waals surface area (Å²) in [6.07, 6.45) is 1.83. The van der Waals surface area contributed by atoms with Crippen molar-refractivity contribution in [2.75, 3.05) is 0 Å². The number of nitrogens with one attached hydrogen (secondary N) is 1. The molecule has 1 aromatic carbocycles. The van der Waals surface area contributed by atoms with E-state index in [1.165, 1.54) is 5.56 Å². The highest BCUT2D eigenvalue weighted by Gasteiger charge is 2.28. The van der Waals surface area contributed by atoms with Gasteiger partial charge in [0.25, 0.3) is 0 Å². The average molecular weight is 215 g/mol. The number of benzene rings is 1. The standard InChI is InChI=1S/C14H17NO/c1-10-6-4-7-12(11(10)2)14(3,16)13-8-5-9-15-13/h4-9,15-16H,1-3H3. The van der Waals surface area contributed by atoms with Crippen LogP contribution in [-0.4, -0.2) is 10.1 Å². The molecule has 0 bridgehead atoms. The van der Waals surface area contributed by atoms with Crippen LogP contribution in [0.2, 0.25) is 0 Å². The first-order valence-corrected chi connectivity index (χ1v) is 5.46. The molecule has 2 rings (SSSR count). The van der Waals surface area contributed by atoms with E-state index in [-0.39, 0.29) is 0 Å². The second-order valence-corrected chi connectivity index (χ2v) is 4.40. The molecule has 84 valence electrons. The van der Waals surface area contributed by atoms with Gasteiger partial charge in [0.1, 0.15) is 5.60 Å². The largest absolute Gasteiger partial charge is 0.379 e. The second kappa shape index (κ2) is 3.80. The zero-order valence-electron chi connectivity index (χ0n) is 9.91. The Morgan fingerprint density at radius 3 is 2.50 bits per heavy atom. The summed E-state index contributed by atoms with van der Waals surface area (Å²) in [5.74, 6) is 0. The zero-order valence-corrected chi connectivity index (χ0v) is 9.91. The lowest BCUT2D eigenvalue weighted by Crippen LogP contribution is -2.24. The number of aromatic amines is 1. The van der Waals surface area contributed by atoms with Gasteiger partial charge in [-0.1, -0.05) is 18.2 Å². The van der Waals surface area contributed by atoms with Gasteiger partial charge in [0.05, 0.1) is 5.69 Å². The predicted octanol–water partition coefficient (Wildman–Crippen LogP) is 2.89. The van der Waals surface area contributed by atoms with Gasteiger partial charge in [-0.15, -0.1) is 0 Å². The Balaban J connectivity index is 2.56. The quantitative estimate of drug-likeness (QED) is 0.794. The van der Waals surface area contributed by atoms with Crippen molar-refractivity contribution in [1.82, 2.24) is 4.98 Å². The number of H-pyrrole nitrogens is 1. The summed E-state index contributed by atoms with van der Waals surface area (Å²) in [4.78, 5) is 3.07. The van der Waals surface area contributed by atoms with Crippen molar-refractivity contribution in [2.24, 2.45) is 0 Å². The van der Waals surface area contributed by atoms with E-state index >= 15 is 0 Å². The predicted molar refractivity (Wildman–Crippen MR) is 65.4 cm³/mol. The third-order valence-corrected chi connectivity index (χ3v) is 3.25. The summed E-state index contributed by atoms with van der Waals surface area (Å²) in [6, 6.07) is 9.82. The number of hydrogen-bond donors (Lipinski definition) is 2. The van der Waals surface area contributed by atoms with E-state index in [4.69, 9.17) is 0 Å². The molecule has 0 spiro atoms. The van der Waals surface area contributed by atoms with Crippen molar-refractivity contribution in [2.45, 2.75) is 26.4 Å². The van der Waals surface area contributed by atoms with Crippen LogP contribution >= 0.6 is 0 Å². The summed E-state index contributed by atoms with van der Waals surface area (Å²) < 4.78 is 0. The highest BCUT2D eigenvalue weighted by molar-refractivity contribution is 5.41. The summed E-state index contributed by atoms with van der Waals surface area (Å²) in [6.45, 7) is 5.92. The number of aryl methyl sites for hydroxylation is 1. The normalized spacial score (nSPS) is 14.8. The molecule has 0 radical (unpaired) electrons. The van der Waals surface area contributed by atoms with Crippen molar-refractivity contribution in [3.8, 4) is 0 Å². The lowest BCUT2D eigenvalue weighted by Gasteiger charge is -2.25. The molecule has 0 aliphatic carbocycles. The highest BCUT2D eigenvalue weighted by Crippen LogP contribution is 2.31. The minimum Gasteiger partial charge on any atom is -0.379 e. The van der Waals surface area contributed by atoms with E-state index in [0.29, 0.717) is 0 Å². The summed E-state index contributed by atoms with van der Waals surface area (Å²) in [7, 11) is 0. The second-order valence-electron chi connectivity index (χ2n) is 4.40. The minimum atomic E-state index is -0.959. The molecule has 0 aliphatic heterocycles. The van der Waals surface area contributed by atoms with E-state index in [2.05, 4.69) is 18.0 Å². The Morgan fingerprint density at radius 2 is 1.88 bits per heavy atom. The molecule has 1 heterocycles. The topological polar surface area (TPSA) is 36.0 Å². The van der Waals surface area contributed by atoms with E-state index < -0.39 is 5.60 Å². The van der Waals surface area contributed by atoms with Crippen LogP contribution in [-0.2, 0) is 5.60 Å². The van der Waals surface area contributed by atoms with Gasteiger partial charge in [-0.3, -0.25) is 0 Å². The van der Waals surface area contributed by atoms with Crippen molar-refractivity contribution in [1.29, 1.82) is 0 Å². The molecule has 0 saturated carbocycles. The fourth-order valence-corrected chi connectivity index (χ4v) is 2.06. The molecule has 2 aromatic rings. The van der Waals surface area contributed by atoms with Crippen LogP contribution in [0.25, 0.3) is 0 Å². The SMILES string of the molecule is Cc1cccc(C(C)(O)c2ccc[nH]2)c1C. The maximum atomic E-state index is 10.6. The summed E-state index contributed by atoms with van der Waals surface area (Å²) in [5, 5.41) is 10.6. The maximum absolute atomic E-state index is 10.6. The fourth-order valence-electron chi connectivity index (χ4n) is 2.06. The first-order chi connectivity index (χ1) is 7.53.